The van der Waals surface area contributed by atoms with Crippen LogP contribution in [0.1, 0.15) is 71.1 Å². The van der Waals surface area contributed by atoms with Crippen molar-refractivity contribution in [3.63, 3.8) is 0 Å². The largest absolute Gasteiger partial charge is 0.481 e. The molecule has 0 heterocycles. The number of carbonyl (C=O) groups is 1. The molecule has 0 rings (SSSR count). The van der Waals surface area contributed by atoms with E-state index in [2.05, 4.69) is 55.5 Å². The van der Waals surface area contributed by atoms with Crippen LogP contribution in [0, 0.1) is 0 Å². The van der Waals surface area contributed by atoms with Gasteiger partial charge in [-0.15, -0.1) is 0 Å². The Morgan fingerprint density at radius 1 is 0.727 bits per heavy atom. The molecule has 0 bridgehead atoms. The highest BCUT2D eigenvalue weighted by molar-refractivity contribution is 5.66. The summed E-state index contributed by atoms with van der Waals surface area (Å²) in [5, 5.41) is 8.51. The van der Waals surface area contributed by atoms with Gasteiger partial charge in [0.25, 0.3) is 0 Å². The fourth-order valence-electron chi connectivity index (χ4n) is 1.97. The molecule has 0 amide bonds. The van der Waals surface area contributed by atoms with Gasteiger partial charge in [0.2, 0.25) is 0 Å². The lowest BCUT2D eigenvalue weighted by molar-refractivity contribution is -0.137. The van der Waals surface area contributed by atoms with E-state index < -0.39 is 5.97 Å². The first-order valence-corrected chi connectivity index (χ1v) is 8.59. The van der Waals surface area contributed by atoms with Gasteiger partial charge in [-0.25, -0.2) is 0 Å². The van der Waals surface area contributed by atoms with Gasteiger partial charge in [-0.1, -0.05) is 62.0 Å². The molecule has 0 aromatic heterocycles. The van der Waals surface area contributed by atoms with E-state index in [9.17, 15) is 4.79 Å². The average molecular weight is 304 g/mol. The fourth-order valence-corrected chi connectivity index (χ4v) is 1.97. The number of unbranched alkanes of at least 4 members (excludes halogenated alkanes) is 4. The van der Waals surface area contributed by atoms with Gasteiger partial charge < -0.3 is 5.11 Å². The standard InChI is InChI=1S/C20H32O2/c1-2-3-4-5-6-7-8-9-10-11-12-13-14-15-16-17-18-19-20(21)22/h3-4,6-7,9-10,13-14H,2,5,8,11-12,15-19H2,1H3,(H,21,22)/b4-3-,7-6-,10-9-,14-13-. The summed E-state index contributed by atoms with van der Waals surface area (Å²) in [6.45, 7) is 2.15. The van der Waals surface area contributed by atoms with Crippen molar-refractivity contribution in [2.45, 2.75) is 71.1 Å². The maximum Gasteiger partial charge on any atom is 0.303 e. The van der Waals surface area contributed by atoms with Crippen LogP contribution < -0.4 is 0 Å². The van der Waals surface area contributed by atoms with E-state index in [-0.39, 0.29) is 0 Å². The number of rotatable bonds is 14. The summed E-state index contributed by atoms with van der Waals surface area (Å²) in [6, 6.07) is 0. The lowest BCUT2D eigenvalue weighted by Gasteiger charge is -1.95. The van der Waals surface area contributed by atoms with Crippen molar-refractivity contribution in [2.24, 2.45) is 0 Å². The second-order valence-electron chi connectivity index (χ2n) is 5.34. The quantitative estimate of drug-likeness (QED) is 0.305. The zero-order valence-electron chi connectivity index (χ0n) is 14.0. The summed E-state index contributed by atoms with van der Waals surface area (Å²) >= 11 is 0. The number of carboxylic acid groups (broad SMARTS) is 1. The van der Waals surface area contributed by atoms with Crippen LogP contribution >= 0.6 is 0 Å². The second-order valence-corrected chi connectivity index (χ2v) is 5.34. The first-order valence-electron chi connectivity index (χ1n) is 8.59. The van der Waals surface area contributed by atoms with Gasteiger partial charge in [-0.05, 0) is 51.4 Å². The van der Waals surface area contributed by atoms with Crippen molar-refractivity contribution in [1.82, 2.24) is 0 Å². The molecule has 0 aromatic rings. The molecule has 0 saturated heterocycles. The zero-order chi connectivity index (χ0) is 16.3. The molecule has 2 heteroatoms. The average Bonchev–Trinajstić information content (AvgIpc) is 2.50. The predicted molar refractivity (Wildman–Crippen MR) is 96.0 cm³/mol. The monoisotopic (exact) mass is 304 g/mol. The van der Waals surface area contributed by atoms with Gasteiger partial charge in [-0.3, -0.25) is 4.79 Å². The summed E-state index contributed by atoms with van der Waals surface area (Å²) < 4.78 is 0. The molecule has 124 valence electrons. The summed E-state index contributed by atoms with van der Waals surface area (Å²) in [4.78, 5) is 10.3. The van der Waals surface area contributed by atoms with Gasteiger partial charge in [0.05, 0.1) is 0 Å². The van der Waals surface area contributed by atoms with Crippen LogP contribution in [0.15, 0.2) is 48.6 Å². The van der Waals surface area contributed by atoms with Gasteiger partial charge in [0, 0.05) is 6.42 Å². The van der Waals surface area contributed by atoms with Crippen LogP contribution in [0.5, 0.6) is 0 Å². The molecule has 1 N–H and O–H groups in total. The van der Waals surface area contributed by atoms with Crippen LogP contribution in [0.4, 0.5) is 0 Å². The lowest BCUT2D eigenvalue weighted by atomic mass is 10.1. The Morgan fingerprint density at radius 3 is 1.91 bits per heavy atom. The summed E-state index contributed by atoms with van der Waals surface area (Å²) in [6.07, 6.45) is 27.4. The van der Waals surface area contributed by atoms with Crippen LogP contribution in [-0.4, -0.2) is 11.1 Å². The maximum atomic E-state index is 10.3. The summed E-state index contributed by atoms with van der Waals surface area (Å²) in [5.41, 5.74) is 0. The number of aliphatic carboxylic acids is 1. The molecule has 0 aliphatic heterocycles. The normalized spacial score (nSPS) is 12.4. The van der Waals surface area contributed by atoms with Crippen molar-refractivity contribution in [3.8, 4) is 0 Å². The molecule has 0 spiro atoms. The van der Waals surface area contributed by atoms with Crippen LogP contribution in [0.25, 0.3) is 0 Å². The lowest BCUT2D eigenvalue weighted by Crippen LogP contribution is -1.93. The molecule has 0 unspecified atom stereocenters. The molecule has 0 aliphatic rings. The fraction of sp³-hybridized carbons (Fsp3) is 0.550. The Kier molecular flexibility index (Phi) is 16.2. The topological polar surface area (TPSA) is 37.3 Å². The minimum atomic E-state index is -0.686. The van der Waals surface area contributed by atoms with Crippen LogP contribution in [-0.2, 0) is 4.79 Å². The molecule has 0 saturated carbocycles. The third kappa shape index (κ3) is 18.4. The molecule has 0 fully saturated rings. The first kappa shape index (κ1) is 20.4. The van der Waals surface area contributed by atoms with E-state index in [0.717, 1.165) is 57.8 Å². The second kappa shape index (κ2) is 17.5. The number of hydrogen-bond donors (Lipinski definition) is 1. The third-order valence-electron chi connectivity index (χ3n) is 3.21. The number of hydrogen-bond acceptors (Lipinski definition) is 1. The molecule has 0 atom stereocenters. The van der Waals surface area contributed by atoms with E-state index in [1.807, 2.05) is 0 Å². The molecule has 22 heavy (non-hydrogen) atoms. The van der Waals surface area contributed by atoms with Crippen molar-refractivity contribution >= 4 is 5.97 Å². The van der Waals surface area contributed by atoms with E-state index in [0.29, 0.717) is 6.42 Å². The first-order chi connectivity index (χ1) is 10.8. The van der Waals surface area contributed by atoms with E-state index in [4.69, 9.17) is 5.11 Å². The molecular weight excluding hydrogens is 272 g/mol. The van der Waals surface area contributed by atoms with Crippen LogP contribution in [0.2, 0.25) is 0 Å². The minimum Gasteiger partial charge on any atom is -0.481 e. The SMILES string of the molecule is CC/C=C\C/C=C\C/C=C\CC/C=C\CCCCCC(=O)O. The van der Waals surface area contributed by atoms with Gasteiger partial charge >= 0.3 is 5.97 Å². The Hall–Kier alpha value is -1.57. The molecule has 0 radical (unpaired) electrons. The Labute approximate surface area is 136 Å². The molecular formula is C20H32O2. The zero-order valence-corrected chi connectivity index (χ0v) is 14.0. The van der Waals surface area contributed by atoms with Gasteiger partial charge in [0.1, 0.15) is 0 Å². The highest BCUT2D eigenvalue weighted by Gasteiger charge is 1.94. The predicted octanol–water partition coefficient (Wildman–Crippen LogP) is 6.22. The number of carboxylic acids is 1. The third-order valence-corrected chi connectivity index (χ3v) is 3.21. The van der Waals surface area contributed by atoms with E-state index >= 15 is 0 Å². The molecule has 0 aliphatic carbocycles. The Bertz CT molecular complexity index is 362. The van der Waals surface area contributed by atoms with Crippen molar-refractivity contribution < 1.29 is 9.90 Å². The summed E-state index contributed by atoms with van der Waals surface area (Å²) in [5.74, 6) is -0.686. The Morgan fingerprint density at radius 2 is 1.27 bits per heavy atom. The van der Waals surface area contributed by atoms with Crippen molar-refractivity contribution in [1.29, 1.82) is 0 Å². The van der Waals surface area contributed by atoms with Gasteiger partial charge in [0.15, 0.2) is 0 Å². The minimum absolute atomic E-state index is 0.303. The summed E-state index contributed by atoms with van der Waals surface area (Å²) in [7, 11) is 0. The van der Waals surface area contributed by atoms with Crippen LogP contribution in [0.3, 0.4) is 0 Å². The number of allylic oxidation sites excluding steroid dienone is 8. The molecule has 0 aromatic carbocycles. The molecule has 2 nitrogen and oxygen atoms in total. The van der Waals surface area contributed by atoms with Crippen molar-refractivity contribution in [3.05, 3.63) is 48.6 Å². The van der Waals surface area contributed by atoms with Gasteiger partial charge in [-0.2, -0.15) is 0 Å². The highest BCUT2D eigenvalue weighted by atomic mass is 16.4. The smallest absolute Gasteiger partial charge is 0.303 e. The van der Waals surface area contributed by atoms with E-state index in [1.54, 1.807) is 0 Å². The highest BCUT2D eigenvalue weighted by Crippen LogP contribution is 2.04. The Balaban J connectivity index is 3.33. The maximum absolute atomic E-state index is 10.3. The van der Waals surface area contributed by atoms with Crippen molar-refractivity contribution in [2.75, 3.05) is 0 Å². The van der Waals surface area contributed by atoms with E-state index in [1.165, 1.54) is 0 Å².